The first-order valence-corrected chi connectivity index (χ1v) is 13.0. The molecule has 1 heterocycles. The first-order valence-electron chi connectivity index (χ1n) is 12.3. The lowest BCUT2D eigenvalue weighted by atomic mass is 9.78. The fourth-order valence-electron chi connectivity index (χ4n) is 4.92. The molecule has 0 unspecified atom stereocenters. The second-order valence-corrected chi connectivity index (χ2v) is 12.0. The van der Waals surface area contributed by atoms with Crippen LogP contribution in [0.25, 0.3) is 0 Å². The lowest BCUT2D eigenvalue weighted by Crippen LogP contribution is -2.40. The molecule has 6 heteroatoms. The Morgan fingerprint density at radius 2 is 1.66 bits per heavy atom. The number of methoxy groups -OCH3 is 1. The van der Waals surface area contributed by atoms with Gasteiger partial charge in [0.25, 0.3) is 0 Å². The summed E-state index contributed by atoms with van der Waals surface area (Å²) in [5, 5.41) is 11.1. The molecule has 5 nitrogen and oxygen atoms in total. The van der Waals surface area contributed by atoms with Gasteiger partial charge in [-0.05, 0) is 41.4 Å². The van der Waals surface area contributed by atoms with E-state index in [-0.39, 0.29) is 40.9 Å². The molecule has 0 bridgehead atoms. The van der Waals surface area contributed by atoms with Crippen LogP contribution in [0.4, 0.5) is 0 Å². The highest BCUT2D eigenvalue weighted by molar-refractivity contribution is 9.08. The van der Waals surface area contributed by atoms with E-state index in [1.54, 1.807) is 7.11 Å². The lowest BCUT2D eigenvalue weighted by molar-refractivity contribution is 0.0907. The van der Waals surface area contributed by atoms with Crippen molar-refractivity contribution in [1.82, 2.24) is 4.90 Å². The van der Waals surface area contributed by atoms with Crippen LogP contribution in [-0.4, -0.2) is 47.9 Å². The van der Waals surface area contributed by atoms with Crippen LogP contribution in [-0.2, 0) is 22.0 Å². The minimum absolute atomic E-state index is 0.0103. The number of Topliss-reactive ketones (excluding diaryl/α,β-unsaturated/α-hetero) is 1. The van der Waals surface area contributed by atoms with E-state index in [4.69, 9.17) is 4.74 Å². The predicted molar refractivity (Wildman–Crippen MR) is 147 cm³/mol. The Morgan fingerprint density at radius 1 is 1.09 bits per heavy atom. The molecule has 1 aliphatic heterocycles. The fraction of sp³-hybridized carbons (Fsp3) is 0.517. The SMILES string of the molecule is COC[C@@H]1C[C@@H](Cc2ccccc2)/C(=N/Br)N1CC(=O)c1cc(C(C)(C)C)c(O)c(C(C)(C)C)c1. The zero-order chi connectivity index (χ0) is 26.0. The molecule has 1 N–H and O–H groups in total. The van der Waals surface area contributed by atoms with Gasteiger partial charge in [0.1, 0.15) is 11.6 Å². The number of aromatic hydroxyl groups is 1. The number of halogens is 1. The Balaban J connectivity index is 1.94. The van der Waals surface area contributed by atoms with Crippen LogP contribution in [0.1, 0.15) is 75.0 Å². The summed E-state index contributed by atoms with van der Waals surface area (Å²) >= 11 is 3.34. The third kappa shape index (κ3) is 6.34. The Kier molecular flexibility index (Phi) is 8.48. The van der Waals surface area contributed by atoms with Gasteiger partial charge < -0.3 is 14.7 Å². The molecular formula is C29H39BrN2O3. The molecule has 2 aromatic carbocycles. The molecule has 0 aliphatic carbocycles. The van der Waals surface area contributed by atoms with Crippen molar-refractivity contribution in [2.24, 2.45) is 9.94 Å². The standard InChI is InChI=1S/C29H39BrN2O3/c1-28(2,3)23-15-20(16-24(26(23)34)29(4,5)6)25(33)17-32-22(18-35-7)14-21(27(32)31-30)13-19-11-9-8-10-12-19/h8-12,15-16,21-22,34H,13-14,17-18H2,1-7H3/b31-27-/t21-,22+/m1/s1. The smallest absolute Gasteiger partial charge is 0.182 e. The van der Waals surface area contributed by atoms with Crippen molar-refractivity contribution in [2.45, 2.75) is 71.3 Å². The van der Waals surface area contributed by atoms with E-state index in [0.29, 0.717) is 12.2 Å². The number of ketones is 1. The third-order valence-corrected chi connectivity index (χ3v) is 7.15. The number of hydrogen-bond donors (Lipinski definition) is 1. The number of rotatable bonds is 7. The van der Waals surface area contributed by atoms with Crippen LogP contribution in [0.15, 0.2) is 46.5 Å². The van der Waals surface area contributed by atoms with Gasteiger partial charge in [-0.25, -0.2) is 0 Å². The van der Waals surface area contributed by atoms with Crippen LogP contribution in [0, 0.1) is 5.92 Å². The van der Waals surface area contributed by atoms with Gasteiger partial charge in [-0.1, -0.05) is 71.9 Å². The maximum atomic E-state index is 13.7. The number of likely N-dealkylation sites (tertiary alicyclic amines) is 1. The minimum atomic E-state index is -0.296. The summed E-state index contributed by atoms with van der Waals surface area (Å²) in [6, 6.07) is 14.2. The van der Waals surface area contributed by atoms with Crippen LogP contribution < -0.4 is 0 Å². The first kappa shape index (κ1) is 27.4. The first-order chi connectivity index (χ1) is 16.4. The van der Waals surface area contributed by atoms with Crippen LogP contribution in [0.5, 0.6) is 5.75 Å². The molecule has 3 rings (SSSR count). The monoisotopic (exact) mass is 542 g/mol. The van der Waals surface area contributed by atoms with Crippen molar-refractivity contribution < 1.29 is 14.6 Å². The number of carbonyl (C=O) groups is 1. The van der Waals surface area contributed by atoms with Gasteiger partial charge in [0, 0.05) is 29.7 Å². The number of ether oxygens (including phenoxy) is 1. The quantitative estimate of drug-likeness (QED) is 0.408. The van der Waals surface area contributed by atoms with E-state index in [1.165, 1.54) is 5.56 Å². The molecule has 1 fully saturated rings. The zero-order valence-corrected chi connectivity index (χ0v) is 23.6. The highest BCUT2D eigenvalue weighted by Gasteiger charge is 2.39. The molecule has 190 valence electrons. The second-order valence-electron chi connectivity index (χ2n) is 11.6. The van der Waals surface area contributed by atoms with Crippen molar-refractivity contribution in [3.05, 3.63) is 64.7 Å². The Bertz CT molecular complexity index is 1030. The lowest BCUT2D eigenvalue weighted by Gasteiger charge is -2.29. The van der Waals surface area contributed by atoms with E-state index < -0.39 is 0 Å². The van der Waals surface area contributed by atoms with Gasteiger partial charge in [-0.2, -0.15) is 4.02 Å². The summed E-state index contributed by atoms with van der Waals surface area (Å²) in [6.45, 7) is 13.1. The zero-order valence-electron chi connectivity index (χ0n) is 22.1. The molecule has 2 aromatic rings. The summed E-state index contributed by atoms with van der Waals surface area (Å²) in [6.07, 6.45) is 1.73. The summed E-state index contributed by atoms with van der Waals surface area (Å²) in [5.41, 5.74) is 2.86. The topological polar surface area (TPSA) is 62.1 Å². The van der Waals surface area contributed by atoms with Crippen molar-refractivity contribution in [3.8, 4) is 5.75 Å². The maximum absolute atomic E-state index is 13.7. The molecule has 0 saturated carbocycles. The van der Waals surface area contributed by atoms with Gasteiger partial charge in [0.15, 0.2) is 5.78 Å². The highest BCUT2D eigenvalue weighted by atomic mass is 79.9. The summed E-state index contributed by atoms with van der Waals surface area (Å²) in [4.78, 5) is 15.8. The Morgan fingerprint density at radius 3 is 2.14 bits per heavy atom. The predicted octanol–water partition coefficient (Wildman–Crippen LogP) is 6.46. The molecule has 0 aromatic heterocycles. The second kappa shape index (κ2) is 10.8. The average molecular weight is 544 g/mol. The van der Waals surface area contributed by atoms with Crippen LogP contribution in [0.2, 0.25) is 0 Å². The van der Waals surface area contributed by atoms with E-state index in [9.17, 15) is 9.90 Å². The van der Waals surface area contributed by atoms with E-state index in [0.717, 1.165) is 29.8 Å². The molecule has 0 spiro atoms. The van der Waals surface area contributed by atoms with Gasteiger partial charge in [0.2, 0.25) is 0 Å². The number of benzene rings is 2. The van der Waals surface area contributed by atoms with Crippen LogP contribution >= 0.6 is 16.1 Å². The van der Waals surface area contributed by atoms with E-state index in [1.807, 2.05) is 30.3 Å². The van der Waals surface area contributed by atoms with Crippen molar-refractivity contribution in [3.63, 3.8) is 0 Å². The van der Waals surface area contributed by atoms with Gasteiger partial charge in [0.05, 0.1) is 35.3 Å². The highest BCUT2D eigenvalue weighted by Crippen LogP contribution is 2.40. The normalized spacial score (nSPS) is 20.0. The van der Waals surface area contributed by atoms with Gasteiger partial charge in [-0.15, -0.1) is 0 Å². The Hall–Kier alpha value is -2.18. The minimum Gasteiger partial charge on any atom is -0.507 e. The number of phenolic OH excluding ortho intramolecular Hbond substituents is 1. The third-order valence-electron chi connectivity index (χ3n) is 6.79. The average Bonchev–Trinajstić information content (AvgIpc) is 3.08. The Labute approximate surface area is 218 Å². The largest absolute Gasteiger partial charge is 0.507 e. The van der Waals surface area contributed by atoms with Crippen LogP contribution in [0.3, 0.4) is 0 Å². The number of phenols is 1. The van der Waals surface area contributed by atoms with E-state index >= 15 is 0 Å². The number of carbonyl (C=O) groups excluding carboxylic acids is 1. The summed E-state index contributed by atoms with van der Waals surface area (Å²) in [5.74, 6) is 1.37. The number of nitrogens with zero attached hydrogens (tertiary/aromatic N) is 2. The molecule has 2 atom stereocenters. The molecular weight excluding hydrogens is 504 g/mol. The van der Waals surface area contributed by atoms with Gasteiger partial charge in [-0.3, -0.25) is 4.79 Å². The number of amidine groups is 1. The van der Waals surface area contributed by atoms with Crippen molar-refractivity contribution in [1.29, 1.82) is 0 Å². The maximum Gasteiger partial charge on any atom is 0.182 e. The van der Waals surface area contributed by atoms with Gasteiger partial charge >= 0.3 is 0 Å². The fourth-order valence-corrected chi connectivity index (χ4v) is 5.41. The summed E-state index contributed by atoms with van der Waals surface area (Å²) in [7, 11) is 1.70. The molecule has 0 radical (unpaired) electrons. The molecule has 1 saturated heterocycles. The van der Waals surface area contributed by atoms with E-state index in [2.05, 4.69) is 78.7 Å². The van der Waals surface area contributed by atoms with Crippen molar-refractivity contribution in [2.75, 3.05) is 20.3 Å². The van der Waals surface area contributed by atoms with Crippen molar-refractivity contribution >= 4 is 27.8 Å². The summed E-state index contributed by atoms with van der Waals surface area (Å²) < 4.78 is 9.98. The number of hydrogen-bond acceptors (Lipinski definition) is 4. The molecule has 1 aliphatic rings. The molecule has 0 amide bonds. The molecule has 35 heavy (non-hydrogen) atoms.